The lowest BCUT2D eigenvalue weighted by atomic mass is 9.97. The predicted molar refractivity (Wildman–Crippen MR) is 156 cm³/mol. The number of ether oxygens (including phenoxy) is 1. The highest BCUT2D eigenvalue weighted by atomic mass is 19.1. The lowest BCUT2D eigenvalue weighted by Crippen LogP contribution is -2.45. The summed E-state index contributed by atoms with van der Waals surface area (Å²) in [6.45, 7) is 8.97. The van der Waals surface area contributed by atoms with Crippen molar-refractivity contribution in [3.63, 3.8) is 0 Å². The third-order valence-corrected chi connectivity index (χ3v) is 7.62. The number of carbonyl (C=O) groups is 2. The first-order valence-corrected chi connectivity index (χ1v) is 14.6. The second-order valence-electron chi connectivity index (χ2n) is 10.7. The number of hydrogen-bond acceptors (Lipinski definition) is 3. The van der Waals surface area contributed by atoms with E-state index in [0.717, 1.165) is 61.9 Å². The Balaban J connectivity index is 1.63. The van der Waals surface area contributed by atoms with Crippen LogP contribution < -0.4 is 10.2 Å². The SMILES string of the molecule is CCCCCCCNC(=O)N(C)c1cc(-c2ccc(CC(OCC)C(=O)N3CCC(C)CC3)cc2)ccc1F. The van der Waals surface area contributed by atoms with Gasteiger partial charge in [-0.05, 0) is 60.9 Å². The maximum absolute atomic E-state index is 14.7. The number of amides is 3. The van der Waals surface area contributed by atoms with E-state index in [9.17, 15) is 14.0 Å². The lowest BCUT2D eigenvalue weighted by molar-refractivity contribution is -0.144. The molecule has 6 nitrogen and oxygen atoms in total. The van der Waals surface area contributed by atoms with E-state index in [1.54, 1.807) is 19.2 Å². The number of hydrogen-bond donors (Lipinski definition) is 1. The molecule has 1 heterocycles. The van der Waals surface area contributed by atoms with E-state index in [2.05, 4.69) is 19.2 Å². The number of halogens is 1. The van der Waals surface area contributed by atoms with Crippen LogP contribution in [0.4, 0.5) is 14.9 Å². The molecule has 1 N–H and O–H groups in total. The summed E-state index contributed by atoms with van der Waals surface area (Å²) in [5, 5.41) is 2.89. The quantitative estimate of drug-likeness (QED) is 0.284. The van der Waals surface area contributed by atoms with Crippen molar-refractivity contribution in [1.82, 2.24) is 10.2 Å². The van der Waals surface area contributed by atoms with Gasteiger partial charge in [0.2, 0.25) is 0 Å². The highest BCUT2D eigenvalue weighted by Gasteiger charge is 2.27. The number of nitrogens with zero attached hydrogens (tertiary/aromatic N) is 2. The number of piperidine rings is 1. The summed E-state index contributed by atoms with van der Waals surface area (Å²) in [7, 11) is 1.59. The Kier molecular flexibility index (Phi) is 12.2. The molecular weight excluding hydrogens is 493 g/mol. The Bertz CT molecular complexity index is 1050. The van der Waals surface area contributed by atoms with Gasteiger partial charge in [-0.3, -0.25) is 9.69 Å². The van der Waals surface area contributed by atoms with Gasteiger partial charge in [-0.25, -0.2) is 9.18 Å². The Labute approximate surface area is 233 Å². The molecule has 2 aromatic rings. The van der Waals surface area contributed by atoms with Crippen LogP contribution in [0.5, 0.6) is 0 Å². The molecule has 2 aromatic carbocycles. The van der Waals surface area contributed by atoms with Crippen molar-refractivity contribution in [2.75, 3.05) is 38.2 Å². The number of unbranched alkanes of at least 4 members (excludes halogenated alkanes) is 4. The predicted octanol–water partition coefficient (Wildman–Crippen LogP) is 6.82. The average Bonchev–Trinajstić information content (AvgIpc) is 2.95. The Morgan fingerprint density at radius 1 is 1.03 bits per heavy atom. The van der Waals surface area contributed by atoms with E-state index in [4.69, 9.17) is 4.74 Å². The fraction of sp³-hybridized carbons (Fsp3) is 0.562. The number of urea groups is 1. The van der Waals surface area contributed by atoms with Crippen molar-refractivity contribution in [3.8, 4) is 11.1 Å². The van der Waals surface area contributed by atoms with Gasteiger partial charge in [-0.15, -0.1) is 0 Å². The molecule has 0 aromatic heterocycles. The van der Waals surface area contributed by atoms with Gasteiger partial charge >= 0.3 is 6.03 Å². The van der Waals surface area contributed by atoms with Crippen molar-refractivity contribution < 1.29 is 18.7 Å². The molecule has 0 spiro atoms. The van der Waals surface area contributed by atoms with Gasteiger partial charge in [0.25, 0.3) is 5.91 Å². The Morgan fingerprint density at radius 2 is 1.69 bits per heavy atom. The molecule has 0 bridgehead atoms. The van der Waals surface area contributed by atoms with Gasteiger partial charge in [-0.1, -0.05) is 69.9 Å². The van der Waals surface area contributed by atoms with Crippen LogP contribution in [0.25, 0.3) is 11.1 Å². The van der Waals surface area contributed by atoms with E-state index in [-0.39, 0.29) is 17.6 Å². The van der Waals surface area contributed by atoms with Crippen molar-refractivity contribution in [2.45, 2.75) is 78.2 Å². The van der Waals surface area contributed by atoms with Gasteiger partial charge in [0.1, 0.15) is 11.9 Å². The van der Waals surface area contributed by atoms with Crippen LogP contribution in [-0.4, -0.2) is 56.2 Å². The largest absolute Gasteiger partial charge is 0.368 e. The molecule has 3 amide bonds. The average molecular weight is 540 g/mol. The first kappa shape index (κ1) is 30.6. The number of rotatable bonds is 13. The highest BCUT2D eigenvalue weighted by molar-refractivity contribution is 5.92. The monoisotopic (exact) mass is 539 g/mol. The van der Waals surface area contributed by atoms with Crippen molar-refractivity contribution in [2.24, 2.45) is 5.92 Å². The van der Waals surface area contributed by atoms with E-state index in [0.29, 0.717) is 25.5 Å². The summed E-state index contributed by atoms with van der Waals surface area (Å²) in [5.74, 6) is 0.285. The molecule has 0 aliphatic carbocycles. The van der Waals surface area contributed by atoms with Crippen LogP contribution >= 0.6 is 0 Å². The van der Waals surface area contributed by atoms with E-state index in [1.165, 1.54) is 23.8 Å². The summed E-state index contributed by atoms with van der Waals surface area (Å²) in [6.07, 6.45) is 7.63. The van der Waals surface area contributed by atoms with Crippen LogP contribution in [0.3, 0.4) is 0 Å². The molecule has 7 heteroatoms. The summed E-state index contributed by atoms with van der Waals surface area (Å²) in [6, 6.07) is 12.4. The normalized spacial score (nSPS) is 14.7. The molecule has 0 saturated carbocycles. The summed E-state index contributed by atoms with van der Waals surface area (Å²) in [4.78, 5) is 29.0. The van der Waals surface area contributed by atoms with Crippen LogP contribution in [0.1, 0.15) is 71.3 Å². The molecule has 39 heavy (non-hydrogen) atoms. The van der Waals surface area contributed by atoms with Crippen LogP contribution in [0.2, 0.25) is 0 Å². The van der Waals surface area contributed by atoms with Crippen LogP contribution in [0.15, 0.2) is 42.5 Å². The van der Waals surface area contributed by atoms with Crippen molar-refractivity contribution in [3.05, 3.63) is 53.8 Å². The zero-order valence-electron chi connectivity index (χ0n) is 24.2. The zero-order valence-corrected chi connectivity index (χ0v) is 24.2. The standard InChI is InChI=1S/C32H46FN3O3/c1-5-7-8-9-10-19-34-32(38)35(4)29-23-27(15-16-28(29)33)26-13-11-25(12-14-26)22-30(39-6-2)31(37)36-20-17-24(3)18-21-36/h11-16,23-24,30H,5-10,17-22H2,1-4H3,(H,34,38). The molecular formula is C32H46FN3O3. The maximum Gasteiger partial charge on any atom is 0.321 e. The topological polar surface area (TPSA) is 61.9 Å². The molecule has 3 rings (SSSR count). The minimum atomic E-state index is -0.495. The molecule has 1 aliphatic heterocycles. The Hall–Kier alpha value is -2.93. The van der Waals surface area contributed by atoms with Crippen molar-refractivity contribution in [1.29, 1.82) is 0 Å². The molecule has 0 radical (unpaired) electrons. The molecule has 1 saturated heterocycles. The van der Waals surface area contributed by atoms with Crippen molar-refractivity contribution >= 4 is 17.6 Å². The third-order valence-electron chi connectivity index (χ3n) is 7.62. The smallest absolute Gasteiger partial charge is 0.321 e. The zero-order chi connectivity index (χ0) is 28.2. The van der Waals surface area contributed by atoms with E-state index in [1.807, 2.05) is 36.1 Å². The minimum absolute atomic E-state index is 0.0678. The second kappa shape index (κ2) is 15.6. The molecule has 1 fully saturated rings. The van der Waals surface area contributed by atoms with Crippen LogP contribution in [-0.2, 0) is 16.0 Å². The Morgan fingerprint density at radius 3 is 2.36 bits per heavy atom. The third kappa shape index (κ3) is 9.06. The van der Waals surface area contributed by atoms with Gasteiger partial charge in [0, 0.05) is 39.7 Å². The first-order valence-electron chi connectivity index (χ1n) is 14.6. The van der Waals surface area contributed by atoms with E-state index >= 15 is 0 Å². The first-order chi connectivity index (χ1) is 18.8. The summed E-state index contributed by atoms with van der Waals surface area (Å²) < 4.78 is 20.5. The summed E-state index contributed by atoms with van der Waals surface area (Å²) >= 11 is 0. The lowest BCUT2D eigenvalue weighted by Gasteiger charge is -2.33. The maximum atomic E-state index is 14.7. The molecule has 1 aliphatic rings. The number of likely N-dealkylation sites (tertiary alicyclic amines) is 1. The number of anilines is 1. The highest BCUT2D eigenvalue weighted by Crippen LogP contribution is 2.28. The minimum Gasteiger partial charge on any atom is -0.368 e. The van der Waals surface area contributed by atoms with Gasteiger partial charge in [0.05, 0.1) is 5.69 Å². The van der Waals surface area contributed by atoms with Gasteiger partial charge in [0.15, 0.2) is 0 Å². The molecule has 214 valence electrons. The van der Waals surface area contributed by atoms with Gasteiger partial charge < -0.3 is 15.0 Å². The van der Waals surface area contributed by atoms with E-state index < -0.39 is 11.9 Å². The fourth-order valence-corrected chi connectivity index (χ4v) is 5.00. The number of nitrogens with one attached hydrogen (secondary N) is 1. The molecule has 1 atom stereocenters. The van der Waals surface area contributed by atoms with Crippen LogP contribution in [0, 0.1) is 11.7 Å². The fourth-order valence-electron chi connectivity index (χ4n) is 5.00. The van der Waals surface area contributed by atoms with Gasteiger partial charge in [-0.2, -0.15) is 0 Å². The number of benzene rings is 2. The number of carbonyl (C=O) groups excluding carboxylic acids is 2. The summed E-state index contributed by atoms with van der Waals surface area (Å²) in [5.41, 5.74) is 2.97. The molecule has 1 unspecified atom stereocenters. The second-order valence-corrected chi connectivity index (χ2v) is 10.7.